The van der Waals surface area contributed by atoms with E-state index >= 15 is 0 Å². The first-order valence-electron chi connectivity index (χ1n) is 10.8. The van der Waals surface area contributed by atoms with E-state index in [9.17, 15) is 18.0 Å². The van der Waals surface area contributed by atoms with Crippen LogP contribution in [0.15, 0.2) is 82.2 Å². The molecule has 0 saturated carbocycles. The van der Waals surface area contributed by atoms with Gasteiger partial charge in [-0.15, -0.1) is 0 Å². The smallest absolute Gasteiger partial charge is 0.264 e. The lowest BCUT2D eigenvalue weighted by Crippen LogP contribution is -2.50. The van der Waals surface area contributed by atoms with Gasteiger partial charge in [0.05, 0.1) is 20.6 Å². The lowest BCUT2D eigenvalue weighted by Gasteiger charge is -2.32. The van der Waals surface area contributed by atoms with Gasteiger partial charge in [0.15, 0.2) is 0 Å². The van der Waals surface area contributed by atoms with Gasteiger partial charge in [-0.2, -0.15) is 0 Å². The molecule has 1 N–H and O–H groups in total. The monoisotopic (exact) mass is 611 g/mol. The summed E-state index contributed by atoms with van der Waals surface area (Å²) in [7, 11) is -2.75. The van der Waals surface area contributed by atoms with Crippen LogP contribution in [0.3, 0.4) is 0 Å². The van der Waals surface area contributed by atoms with Crippen LogP contribution in [0.4, 0.5) is 5.69 Å². The molecular formula is C25H24BrCl2N3O4S. The Morgan fingerprint density at radius 2 is 1.67 bits per heavy atom. The van der Waals surface area contributed by atoms with Crippen molar-refractivity contribution in [2.24, 2.45) is 0 Å². The topological polar surface area (TPSA) is 86.8 Å². The minimum Gasteiger partial charge on any atom is -0.357 e. The number of nitrogens with one attached hydrogen (secondary N) is 1. The second-order valence-electron chi connectivity index (χ2n) is 7.84. The van der Waals surface area contributed by atoms with Crippen molar-refractivity contribution in [1.29, 1.82) is 0 Å². The first-order chi connectivity index (χ1) is 17.1. The zero-order valence-electron chi connectivity index (χ0n) is 19.5. The third-order valence-electron chi connectivity index (χ3n) is 5.47. The molecule has 3 rings (SSSR count). The number of benzene rings is 3. The van der Waals surface area contributed by atoms with Crippen LogP contribution < -0.4 is 9.62 Å². The van der Waals surface area contributed by atoms with Gasteiger partial charge in [-0.05, 0) is 48.9 Å². The van der Waals surface area contributed by atoms with Crippen molar-refractivity contribution in [2.45, 2.75) is 24.4 Å². The van der Waals surface area contributed by atoms with Gasteiger partial charge in [0.1, 0.15) is 12.6 Å². The SMILES string of the molecule is CNC(=O)[C@@H](C)N(Cc1cccc(Br)c1)C(=O)CN(c1cccc(Cl)c1Cl)S(=O)(=O)c1ccccc1. The van der Waals surface area contributed by atoms with Crippen molar-refractivity contribution < 1.29 is 18.0 Å². The van der Waals surface area contributed by atoms with Crippen molar-refractivity contribution in [1.82, 2.24) is 10.2 Å². The van der Waals surface area contributed by atoms with E-state index in [1.807, 2.05) is 24.3 Å². The Hall–Kier alpha value is -2.59. The molecule has 0 saturated heterocycles. The molecule has 0 unspecified atom stereocenters. The molecule has 0 aliphatic carbocycles. The molecule has 0 heterocycles. The summed E-state index contributed by atoms with van der Waals surface area (Å²) >= 11 is 16.0. The Balaban J connectivity index is 2.07. The van der Waals surface area contributed by atoms with Gasteiger partial charge in [0.25, 0.3) is 10.0 Å². The highest BCUT2D eigenvalue weighted by atomic mass is 79.9. The van der Waals surface area contributed by atoms with Crippen molar-refractivity contribution in [3.63, 3.8) is 0 Å². The minimum atomic E-state index is -4.22. The average molecular weight is 613 g/mol. The van der Waals surface area contributed by atoms with Crippen LogP contribution in [0, 0.1) is 0 Å². The Morgan fingerprint density at radius 1 is 1.00 bits per heavy atom. The Kier molecular flexibility index (Phi) is 9.41. The summed E-state index contributed by atoms with van der Waals surface area (Å²) < 4.78 is 29.1. The van der Waals surface area contributed by atoms with Gasteiger partial charge < -0.3 is 10.2 Å². The van der Waals surface area contributed by atoms with Gasteiger partial charge in [-0.3, -0.25) is 13.9 Å². The first-order valence-corrected chi connectivity index (χ1v) is 13.8. The first kappa shape index (κ1) is 28.0. The summed E-state index contributed by atoms with van der Waals surface area (Å²) in [6, 6.07) is 18.7. The quantitative estimate of drug-likeness (QED) is 0.364. The highest BCUT2D eigenvalue weighted by Gasteiger charge is 2.33. The molecule has 0 bridgehead atoms. The predicted octanol–water partition coefficient (Wildman–Crippen LogP) is 5.11. The lowest BCUT2D eigenvalue weighted by atomic mass is 10.1. The molecule has 2 amide bonds. The molecule has 0 aliphatic heterocycles. The number of anilines is 1. The maximum Gasteiger partial charge on any atom is 0.264 e. The fourth-order valence-corrected chi connectivity index (χ4v) is 5.88. The standard InChI is InChI=1S/C25H24BrCl2N3O4S/c1-17(25(33)29-2)30(15-18-8-6-9-19(26)14-18)23(32)16-31(22-13-7-12-21(27)24(22)28)36(34,35)20-10-4-3-5-11-20/h3-14,17H,15-16H2,1-2H3,(H,29,33)/t17-/m1/s1. The number of halogens is 3. The van der Waals surface area contributed by atoms with E-state index in [1.54, 1.807) is 31.2 Å². The number of hydrogen-bond donors (Lipinski definition) is 1. The minimum absolute atomic E-state index is 0.00985. The van der Waals surface area contributed by atoms with Crippen LogP contribution in [-0.2, 0) is 26.2 Å². The Bertz CT molecular complexity index is 1360. The lowest BCUT2D eigenvalue weighted by molar-refractivity contribution is -0.139. The number of nitrogens with zero attached hydrogens (tertiary/aromatic N) is 2. The maximum absolute atomic E-state index is 13.7. The molecule has 3 aromatic rings. The van der Waals surface area contributed by atoms with Crippen LogP contribution in [-0.4, -0.2) is 44.8 Å². The fraction of sp³-hybridized carbons (Fsp3) is 0.200. The van der Waals surface area contributed by atoms with E-state index in [0.29, 0.717) is 0 Å². The largest absolute Gasteiger partial charge is 0.357 e. The molecule has 3 aromatic carbocycles. The second-order valence-corrected chi connectivity index (χ2v) is 11.4. The van der Waals surface area contributed by atoms with Gasteiger partial charge in [0.2, 0.25) is 11.8 Å². The third-order valence-corrected chi connectivity index (χ3v) is 8.54. The van der Waals surface area contributed by atoms with E-state index in [4.69, 9.17) is 23.2 Å². The molecule has 11 heteroatoms. The second kappa shape index (κ2) is 12.1. The molecular weight excluding hydrogens is 589 g/mol. The van der Waals surface area contributed by atoms with Crippen molar-refractivity contribution in [3.05, 3.63) is 92.9 Å². The molecule has 36 heavy (non-hydrogen) atoms. The summed E-state index contributed by atoms with van der Waals surface area (Å²) in [5.74, 6) is -0.988. The average Bonchev–Trinajstić information content (AvgIpc) is 2.87. The molecule has 0 radical (unpaired) electrons. The Morgan fingerprint density at radius 3 is 2.31 bits per heavy atom. The zero-order chi connectivity index (χ0) is 26.5. The van der Waals surface area contributed by atoms with Crippen molar-refractivity contribution in [2.75, 3.05) is 17.9 Å². The maximum atomic E-state index is 13.7. The Labute approximate surface area is 229 Å². The normalized spacial score (nSPS) is 12.0. The number of likely N-dealkylation sites (N-methyl/N-ethyl adjacent to an activating group) is 1. The van der Waals surface area contributed by atoms with Gasteiger partial charge in [-0.25, -0.2) is 8.42 Å². The van der Waals surface area contributed by atoms with E-state index < -0.39 is 34.4 Å². The summed E-state index contributed by atoms with van der Waals surface area (Å²) in [4.78, 5) is 27.5. The number of carbonyl (C=O) groups excluding carboxylic acids is 2. The molecule has 0 spiro atoms. The van der Waals surface area contributed by atoms with Crippen molar-refractivity contribution >= 4 is 66.7 Å². The number of rotatable bonds is 9. The fourth-order valence-electron chi connectivity index (χ4n) is 3.54. The predicted molar refractivity (Wildman–Crippen MR) is 146 cm³/mol. The van der Waals surface area contributed by atoms with E-state index in [1.165, 1.54) is 36.2 Å². The molecule has 0 aliphatic rings. The molecule has 0 aromatic heterocycles. The van der Waals surface area contributed by atoms with Gasteiger partial charge in [-0.1, -0.05) is 75.5 Å². The van der Waals surface area contributed by atoms with Gasteiger partial charge in [0, 0.05) is 18.1 Å². The van der Waals surface area contributed by atoms with Crippen LogP contribution >= 0.6 is 39.1 Å². The third kappa shape index (κ3) is 6.39. The molecule has 7 nitrogen and oxygen atoms in total. The van der Waals surface area contributed by atoms with Gasteiger partial charge >= 0.3 is 0 Å². The van der Waals surface area contributed by atoms with Crippen LogP contribution in [0.1, 0.15) is 12.5 Å². The summed E-state index contributed by atoms with van der Waals surface area (Å²) in [6.45, 7) is 1.05. The van der Waals surface area contributed by atoms with Crippen molar-refractivity contribution in [3.8, 4) is 0 Å². The summed E-state index contributed by atoms with van der Waals surface area (Å²) in [6.07, 6.45) is 0. The van der Waals surface area contributed by atoms with E-state index in [-0.39, 0.29) is 27.2 Å². The van der Waals surface area contributed by atoms with E-state index in [2.05, 4.69) is 21.2 Å². The highest BCUT2D eigenvalue weighted by molar-refractivity contribution is 9.10. The van der Waals surface area contributed by atoms with Crippen LogP contribution in [0.2, 0.25) is 10.0 Å². The van der Waals surface area contributed by atoms with Crippen LogP contribution in [0.25, 0.3) is 0 Å². The molecule has 1 atom stereocenters. The highest BCUT2D eigenvalue weighted by Crippen LogP contribution is 2.35. The molecule has 0 fully saturated rings. The zero-order valence-corrected chi connectivity index (χ0v) is 23.4. The van der Waals surface area contributed by atoms with Crippen LogP contribution in [0.5, 0.6) is 0 Å². The number of hydrogen-bond acceptors (Lipinski definition) is 4. The summed E-state index contributed by atoms with van der Waals surface area (Å²) in [5, 5.41) is 2.67. The van der Waals surface area contributed by atoms with E-state index in [0.717, 1.165) is 14.3 Å². The summed E-state index contributed by atoms with van der Waals surface area (Å²) in [5.41, 5.74) is 0.808. The molecule has 190 valence electrons. The number of amides is 2. The number of sulfonamides is 1. The number of carbonyl (C=O) groups is 2.